The van der Waals surface area contributed by atoms with E-state index in [4.69, 9.17) is 10.1 Å². The Bertz CT molecular complexity index is 1160. The van der Waals surface area contributed by atoms with Crippen molar-refractivity contribution in [3.05, 3.63) is 102 Å². The number of carbonyl (C=O) groups excluding carboxylic acids is 2. The summed E-state index contributed by atoms with van der Waals surface area (Å²) in [7, 11) is 0. The number of amides is 2. The zero-order valence-corrected chi connectivity index (χ0v) is 16.6. The van der Waals surface area contributed by atoms with Crippen LogP contribution in [-0.2, 0) is 21.0 Å². The Kier molecular flexibility index (Phi) is 4.73. The van der Waals surface area contributed by atoms with Gasteiger partial charge in [0.15, 0.2) is 6.10 Å². The predicted octanol–water partition coefficient (Wildman–Crippen LogP) is 3.60. The predicted molar refractivity (Wildman–Crippen MR) is 113 cm³/mol. The molecular weight excluding hydrogens is 390 g/mol. The average molecular weight is 409 g/mol. The minimum atomic E-state index is -0.878. The number of benzene rings is 3. The van der Waals surface area contributed by atoms with Crippen molar-refractivity contribution in [3.63, 3.8) is 0 Å². The molecule has 3 aromatic rings. The van der Waals surface area contributed by atoms with Crippen LogP contribution in [0.5, 0.6) is 0 Å². The zero-order chi connectivity index (χ0) is 21.4. The Morgan fingerprint density at radius 1 is 0.839 bits per heavy atom. The third kappa shape index (κ3) is 3.25. The van der Waals surface area contributed by atoms with Crippen LogP contribution in [-0.4, -0.2) is 22.8 Å². The molecule has 0 aromatic heterocycles. The van der Waals surface area contributed by atoms with E-state index in [9.17, 15) is 9.59 Å². The molecule has 0 unspecified atom stereocenters. The molecule has 5 rings (SSSR count). The molecule has 2 aliphatic heterocycles. The summed E-state index contributed by atoms with van der Waals surface area (Å²) in [6, 6.07) is 27.6. The van der Waals surface area contributed by atoms with Crippen LogP contribution in [0.4, 0.5) is 5.69 Å². The third-order valence-corrected chi connectivity index (χ3v) is 5.78. The minimum absolute atomic E-state index is 0.223. The van der Waals surface area contributed by atoms with Crippen molar-refractivity contribution in [1.82, 2.24) is 4.90 Å². The summed E-state index contributed by atoms with van der Waals surface area (Å²) in [5.41, 5.74) is 3.00. The molecule has 2 fully saturated rings. The molecular formula is C25H19N3O3. The van der Waals surface area contributed by atoms with Gasteiger partial charge in [0, 0.05) is 0 Å². The van der Waals surface area contributed by atoms with E-state index < -0.39 is 18.1 Å². The topological polar surface area (TPSA) is 73.6 Å². The second-order valence-electron chi connectivity index (χ2n) is 7.64. The average Bonchev–Trinajstić information content (AvgIpc) is 3.32. The van der Waals surface area contributed by atoms with Crippen LogP contribution >= 0.6 is 0 Å². The number of carbonyl (C=O) groups is 2. The number of nitrogens with zero attached hydrogens (tertiary/aromatic N) is 3. The quantitative estimate of drug-likeness (QED) is 0.616. The van der Waals surface area contributed by atoms with Crippen molar-refractivity contribution in [2.24, 2.45) is 5.92 Å². The normalized spacial score (nSPS) is 22.5. The van der Waals surface area contributed by atoms with Crippen LogP contribution in [0.2, 0.25) is 0 Å². The van der Waals surface area contributed by atoms with Gasteiger partial charge in [0.25, 0.3) is 5.91 Å². The van der Waals surface area contributed by atoms with Gasteiger partial charge < -0.3 is 0 Å². The standard InChI is InChI=1S/C25H19N3O3/c26-15-17-11-13-19(14-12-17)22-21-23(31-28(22)20-9-5-2-6-10-20)25(30)27(24(21)29)16-18-7-3-1-4-8-18/h1-14,21-23H,16H2/t21-,22-,23+/m0/s1. The van der Waals surface area contributed by atoms with E-state index in [1.807, 2.05) is 72.8 Å². The number of likely N-dealkylation sites (tertiary alicyclic amines) is 1. The first kappa shape index (κ1) is 19.0. The summed E-state index contributed by atoms with van der Waals surface area (Å²) in [6.45, 7) is 0.223. The van der Waals surface area contributed by atoms with Gasteiger partial charge in [0.05, 0.1) is 29.9 Å². The van der Waals surface area contributed by atoms with Gasteiger partial charge in [-0.05, 0) is 35.4 Å². The number of para-hydroxylation sites is 1. The Labute approximate surface area is 179 Å². The highest BCUT2D eigenvalue weighted by atomic mass is 16.7. The number of hydroxylamine groups is 1. The van der Waals surface area contributed by atoms with Crippen LogP contribution in [0.1, 0.15) is 22.7 Å². The summed E-state index contributed by atoms with van der Waals surface area (Å²) in [5, 5.41) is 10.8. The first-order chi connectivity index (χ1) is 15.2. The highest BCUT2D eigenvalue weighted by Crippen LogP contribution is 2.46. The van der Waals surface area contributed by atoms with Gasteiger partial charge in [0.1, 0.15) is 5.92 Å². The van der Waals surface area contributed by atoms with E-state index in [0.717, 1.165) is 16.8 Å². The molecule has 0 N–H and O–H groups in total. The summed E-state index contributed by atoms with van der Waals surface area (Å²) in [6.07, 6.45) is -0.878. The lowest BCUT2D eigenvalue weighted by Gasteiger charge is -2.28. The van der Waals surface area contributed by atoms with Gasteiger partial charge in [-0.3, -0.25) is 19.3 Å². The molecule has 3 atom stereocenters. The van der Waals surface area contributed by atoms with Gasteiger partial charge in [0.2, 0.25) is 5.91 Å². The maximum absolute atomic E-state index is 13.4. The second kappa shape index (κ2) is 7.71. The third-order valence-electron chi connectivity index (χ3n) is 5.78. The minimum Gasteiger partial charge on any atom is -0.275 e. The highest BCUT2D eigenvalue weighted by molar-refractivity contribution is 6.07. The maximum Gasteiger partial charge on any atom is 0.262 e. The lowest BCUT2D eigenvalue weighted by Crippen LogP contribution is -2.36. The largest absolute Gasteiger partial charge is 0.275 e. The van der Waals surface area contributed by atoms with E-state index in [-0.39, 0.29) is 18.4 Å². The second-order valence-corrected chi connectivity index (χ2v) is 7.64. The van der Waals surface area contributed by atoms with Crippen molar-refractivity contribution in [2.75, 3.05) is 5.06 Å². The zero-order valence-electron chi connectivity index (χ0n) is 16.6. The molecule has 0 bridgehead atoms. The lowest BCUT2D eigenvalue weighted by molar-refractivity contribution is -0.143. The fraction of sp³-hybridized carbons (Fsp3) is 0.160. The number of hydrogen-bond acceptors (Lipinski definition) is 5. The molecule has 0 saturated carbocycles. The molecule has 2 heterocycles. The molecule has 2 amide bonds. The molecule has 6 nitrogen and oxygen atoms in total. The number of hydrogen-bond donors (Lipinski definition) is 0. The Morgan fingerprint density at radius 2 is 1.48 bits per heavy atom. The number of imide groups is 1. The van der Waals surface area contributed by atoms with Crippen molar-refractivity contribution < 1.29 is 14.4 Å². The van der Waals surface area contributed by atoms with Crippen molar-refractivity contribution in [2.45, 2.75) is 18.7 Å². The van der Waals surface area contributed by atoms with E-state index in [0.29, 0.717) is 5.56 Å². The maximum atomic E-state index is 13.4. The Balaban J connectivity index is 1.52. The molecule has 2 saturated heterocycles. The molecule has 6 heteroatoms. The SMILES string of the molecule is N#Cc1ccc([C@H]2[C@@H]3C(=O)N(Cc4ccccc4)C(=O)[C@@H]3ON2c2ccccc2)cc1. The summed E-state index contributed by atoms with van der Waals surface area (Å²) < 4.78 is 0. The fourth-order valence-electron chi connectivity index (χ4n) is 4.29. The van der Waals surface area contributed by atoms with E-state index >= 15 is 0 Å². The van der Waals surface area contributed by atoms with Crippen LogP contribution in [0.3, 0.4) is 0 Å². The summed E-state index contributed by atoms with van der Waals surface area (Å²) >= 11 is 0. The Morgan fingerprint density at radius 3 is 2.13 bits per heavy atom. The first-order valence-electron chi connectivity index (χ1n) is 10.1. The smallest absolute Gasteiger partial charge is 0.262 e. The van der Waals surface area contributed by atoms with Crippen molar-refractivity contribution >= 4 is 17.5 Å². The Hall–Kier alpha value is -3.95. The molecule has 3 aromatic carbocycles. The summed E-state index contributed by atoms with van der Waals surface area (Å²) in [4.78, 5) is 34.0. The van der Waals surface area contributed by atoms with Gasteiger partial charge >= 0.3 is 0 Å². The number of rotatable bonds is 4. The molecule has 0 aliphatic carbocycles. The first-order valence-corrected chi connectivity index (χ1v) is 10.1. The fourth-order valence-corrected chi connectivity index (χ4v) is 4.29. The molecule has 2 aliphatic rings. The van der Waals surface area contributed by atoms with Crippen LogP contribution in [0, 0.1) is 17.2 Å². The number of anilines is 1. The molecule has 31 heavy (non-hydrogen) atoms. The van der Waals surface area contributed by atoms with E-state index in [1.165, 1.54) is 4.90 Å². The van der Waals surface area contributed by atoms with Gasteiger partial charge in [-0.2, -0.15) is 5.26 Å². The van der Waals surface area contributed by atoms with E-state index in [2.05, 4.69) is 6.07 Å². The lowest BCUT2D eigenvalue weighted by atomic mass is 9.90. The van der Waals surface area contributed by atoms with Crippen molar-refractivity contribution in [1.29, 1.82) is 5.26 Å². The molecule has 0 radical (unpaired) electrons. The van der Waals surface area contributed by atoms with Crippen LogP contribution < -0.4 is 5.06 Å². The number of fused-ring (bicyclic) bond motifs is 1. The van der Waals surface area contributed by atoms with Crippen LogP contribution in [0.15, 0.2) is 84.9 Å². The summed E-state index contributed by atoms with van der Waals surface area (Å²) in [5.74, 6) is -1.23. The van der Waals surface area contributed by atoms with Gasteiger partial charge in [-0.1, -0.05) is 60.7 Å². The monoisotopic (exact) mass is 409 g/mol. The molecule has 152 valence electrons. The van der Waals surface area contributed by atoms with E-state index in [1.54, 1.807) is 17.2 Å². The van der Waals surface area contributed by atoms with Gasteiger partial charge in [-0.15, -0.1) is 0 Å². The van der Waals surface area contributed by atoms with Gasteiger partial charge in [-0.25, -0.2) is 5.06 Å². The molecule has 0 spiro atoms. The van der Waals surface area contributed by atoms with Crippen molar-refractivity contribution in [3.8, 4) is 6.07 Å². The highest BCUT2D eigenvalue weighted by Gasteiger charge is 2.59. The number of nitriles is 1. The van der Waals surface area contributed by atoms with Crippen LogP contribution in [0.25, 0.3) is 0 Å².